The lowest BCUT2D eigenvalue weighted by Gasteiger charge is -2.25. The fourth-order valence-electron chi connectivity index (χ4n) is 1.36. The van der Waals surface area contributed by atoms with Gasteiger partial charge in [-0.15, -0.1) is 0 Å². The van der Waals surface area contributed by atoms with Gasteiger partial charge in [0.25, 0.3) is 0 Å². The number of aliphatic hydroxyl groups is 1. The number of carboxylic acid groups (broad SMARTS) is 1. The summed E-state index contributed by atoms with van der Waals surface area (Å²) in [6, 6.07) is -0.563. The first kappa shape index (κ1) is 12.4. The number of aliphatic carboxylic acids is 1. The number of rotatable bonds is 6. The Hall–Kier alpha value is -0.610. The molecule has 4 heteroatoms. The molecule has 0 aliphatic rings. The minimum absolute atomic E-state index is 0.0839. The molecule has 0 aromatic rings. The van der Waals surface area contributed by atoms with Gasteiger partial charge >= 0.3 is 5.97 Å². The molecule has 0 heterocycles. The second kappa shape index (κ2) is 5.94. The molecule has 0 aliphatic carbocycles. The molecule has 0 radical (unpaired) electrons. The minimum atomic E-state index is -0.864. The molecule has 0 rings (SSSR count). The van der Waals surface area contributed by atoms with Crippen LogP contribution >= 0.6 is 0 Å². The maximum absolute atomic E-state index is 10.8. The zero-order valence-corrected chi connectivity index (χ0v) is 8.53. The van der Waals surface area contributed by atoms with E-state index in [1.54, 1.807) is 11.9 Å². The van der Waals surface area contributed by atoms with Crippen molar-refractivity contribution < 1.29 is 15.0 Å². The van der Waals surface area contributed by atoms with Crippen molar-refractivity contribution in [2.24, 2.45) is 5.92 Å². The second-order valence-electron chi connectivity index (χ2n) is 3.70. The first-order chi connectivity index (χ1) is 5.99. The molecule has 13 heavy (non-hydrogen) atoms. The molecule has 0 saturated heterocycles. The van der Waals surface area contributed by atoms with Crippen LogP contribution in [0.2, 0.25) is 0 Å². The average Bonchev–Trinajstić information content (AvgIpc) is 1.97. The van der Waals surface area contributed by atoms with Crippen molar-refractivity contribution in [2.75, 3.05) is 20.2 Å². The van der Waals surface area contributed by atoms with Gasteiger partial charge in [0.15, 0.2) is 0 Å². The highest BCUT2D eigenvalue weighted by Crippen LogP contribution is 2.05. The highest BCUT2D eigenvalue weighted by atomic mass is 16.4. The molecule has 4 nitrogen and oxygen atoms in total. The van der Waals surface area contributed by atoms with Crippen LogP contribution in [0.25, 0.3) is 0 Å². The van der Waals surface area contributed by atoms with Crippen LogP contribution in [-0.4, -0.2) is 47.3 Å². The summed E-state index contributed by atoms with van der Waals surface area (Å²) in [5.74, 6) is -0.428. The normalized spacial score (nSPS) is 13.7. The van der Waals surface area contributed by atoms with E-state index in [1.165, 1.54) is 0 Å². The van der Waals surface area contributed by atoms with Gasteiger partial charge < -0.3 is 10.2 Å². The smallest absolute Gasteiger partial charge is 0.320 e. The first-order valence-corrected chi connectivity index (χ1v) is 4.53. The van der Waals surface area contributed by atoms with E-state index in [2.05, 4.69) is 0 Å². The molecule has 0 bridgehead atoms. The van der Waals surface area contributed by atoms with Gasteiger partial charge in [0.05, 0.1) is 0 Å². The molecule has 0 saturated carbocycles. The topological polar surface area (TPSA) is 60.8 Å². The largest absolute Gasteiger partial charge is 0.480 e. The Balaban J connectivity index is 4.10. The summed E-state index contributed by atoms with van der Waals surface area (Å²) >= 11 is 0. The molecule has 0 aromatic carbocycles. The Kier molecular flexibility index (Phi) is 5.66. The standard InChI is InChI=1S/C9H19NO3/c1-7(2)6-10(3)8(4-5-11)9(12)13/h7-8,11H,4-6H2,1-3H3,(H,12,13). The fourth-order valence-corrected chi connectivity index (χ4v) is 1.36. The van der Waals surface area contributed by atoms with Crippen molar-refractivity contribution in [1.82, 2.24) is 4.90 Å². The summed E-state index contributed by atoms with van der Waals surface area (Å²) in [5, 5.41) is 17.5. The van der Waals surface area contributed by atoms with Crippen LogP contribution in [0, 0.1) is 5.92 Å². The van der Waals surface area contributed by atoms with E-state index in [0.29, 0.717) is 12.3 Å². The summed E-state index contributed by atoms with van der Waals surface area (Å²) in [6.45, 7) is 4.72. The Bertz CT molecular complexity index is 159. The van der Waals surface area contributed by atoms with Crippen LogP contribution in [0.4, 0.5) is 0 Å². The molecule has 0 aromatic heterocycles. The van der Waals surface area contributed by atoms with E-state index in [9.17, 15) is 4.79 Å². The van der Waals surface area contributed by atoms with E-state index >= 15 is 0 Å². The predicted molar refractivity (Wildman–Crippen MR) is 50.6 cm³/mol. The number of carbonyl (C=O) groups is 1. The Morgan fingerprint density at radius 2 is 2.00 bits per heavy atom. The lowest BCUT2D eigenvalue weighted by atomic mass is 10.1. The van der Waals surface area contributed by atoms with Gasteiger partial charge in [-0.3, -0.25) is 9.69 Å². The van der Waals surface area contributed by atoms with E-state index < -0.39 is 12.0 Å². The van der Waals surface area contributed by atoms with Crippen molar-refractivity contribution >= 4 is 5.97 Å². The van der Waals surface area contributed by atoms with Crippen LogP contribution < -0.4 is 0 Å². The van der Waals surface area contributed by atoms with Crippen LogP contribution in [-0.2, 0) is 4.79 Å². The summed E-state index contributed by atoms with van der Waals surface area (Å²) in [4.78, 5) is 12.5. The van der Waals surface area contributed by atoms with Crippen LogP contribution in [0.15, 0.2) is 0 Å². The van der Waals surface area contributed by atoms with Gasteiger partial charge in [0.1, 0.15) is 6.04 Å². The highest BCUT2D eigenvalue weighted by Gasteiger charge is 2.21. The van der Waals surface area contributed by atoms with Gasteiger partial charge in [0.2, 0.25) is 0 Å². The SMILES string of the molecule is CC(C)CN(C)C(CCO)C(=O)O. The van der Waals surface area contributed by atoms with Gasteiger partial charge in [-0.25, -0.2) is 0 Å². The molecule has 1 unspecified atom stereocenters. The molecule has 0 fully saturated rings. The molecule has 1 atom stereocenters. The van der Waals surface area contributed by atoms with Crippen LogP contribution in [0.5, 0.6) is 0 Å². The maximum atomic E-state index is 10.8. The van der Waals surface area contributed by atoms with Gasteiger partial charge in [-0.05, 0) is 19.4 Å². The summed E-state index contributed by atoms with van der Waals surface area (Å²) < 4.78 is 0. The van der Waals surface area contributed by atoms with E-state index in [-0.39, 0.29) is 6.61 Å². The zero-order chi connectivity index (χ0) is 10.4. The van der Waals surface area contributed by atoms with Gasteiger partial charge in [0, 0.05) is 13.2 Å². The minimum Gasteiger partial charge on any atom is -0.480 e. The van der Waals surface area contributed by atoms with Crippen molar-refractivity contribution in [3.05, 3.63) is 0 Å². The van der Waals surface area contributed by atoms with Crippen LogP contribution in [0.1, 0.15) is 20.3 Å². The van der Waals surface area contributed by atoms with Crippen molar-refractivity contribution in [3.8, 4) is 0 Å². The van der Waals surface area contributed by atoms with Crippen molar-refractivity contribution in [2.45, 2.75) is 26.3 Å². The maximum Gasteiger partial charge on any atom is 0.320 e. The highest BCUT2D eigenvalue weighted by molar-refractivity contribution is 5.73. The molecule has 0 amide bonds. The molecule has 0 aliphatic heterocycles. The number of likely N-dealkylation sites (N-methyl/N-ethyl adjacent to an activating group) is 1. The number of carboxylic acids is 1. The summed E-state index contributed by atoms with van der Waals surface area (Å²) in [5.41, 5.74) is 0. The quantitative estimate of drug-likeness (QED) is 0.635. The first-order valence-electron chi connectivity index (χ1n) is 4.53. The second-order valence-corrected chi connectivity index (χ2v) is 3.70. The summed E-state index contributed by atoms with van der Waals surface area (Å²) in [6.07, 6.45) is 0.290. The van der Waals surface area contributed by atoms with Crippen LogP contribution in [0.3, 0.4) is 0 Å². The lowest BCUT2D eigenvalue weighted by molar-refractivity contribution is -0.143. The van der Waals surface area contributed by atoms with E-state index in [4.69, 9.17) is 10.2 Å². The molecule has 2 N–H and O–H groups in total. The molecular weight excluding hydrogens is 170 g/mol. The Labute approximate surface area is 79.2 Å². The molecular formula is C9H19NO3. The Morgan fingerprint density at radius 1 is 1.46 bits per heavy atom. The van der Waals surface area contributed by atoms with Crippen molar-refractivity contribution in [3.63, 3.8) is 0 Å². The average molecular weight is 189 g/mol. The third-order valence-electron chi connectivity index (χ3n) is 1.87. The number of nitrogens with zero attached hydrogens (tertiary/aromatic N) is 1. The molecule has 78 valence electrons. The van der Waals surface area contributed by atoms with E-state index in [1.807, 2.05) is 13.8 Å². The Morgan fingerprint density at radius 3 is 2.31 bits per heavy atom. The predicted octanol–water partition coefficient (Wildman–Crippen LogP) is 0.410. The molecule has 0 spiro atoms. The zero-order valence-electron chi connectivity index (χ0n) is 8.53. The lowest BCUT2D eigenvalue weighted by Crippen LogP contribution is -2.41. The van der Waals surface area contributed by atoms with Gasteiger partial charge in [-0.1, -0.05) is 13.8 Å². The van der Waals surface area contributed by atoms with E-state index in [0.717, 1.165) is 6.54 Å². The fraction of sp³-hybridized carbons (Fsp3) is 0.889. The monoisotopic (exact) mass is 189 g/mol. The third kappa shape index (κ3) is 4.85. The summed E-state index contributed by atoms with van der Waals surface area (Å²) in [7, 11) is 1.77. The number of hydrogen-bond donors (Lipinski definition) is 2. The van der Waals surface area contributed by atoms with Gasteiger partial charge in [-0.2, -0.15) is 0 Å². The van der Waals surface area contributed by atoms with Crippen molar-refractivity contribution in [1.29, 1.82) is 0 Å². The number of hydrogen-bond acceptors (Lipinski definition) is 3. The third-order valence-corrected chi connectivity index (χ3v) is 1.87. The number of aliphatic hydroxyl groups excluding tert-OH is 1.